The first kappa shape index (κ1) is 13.0. The van der Waals surface area contributed by atoms with Gasteiger partial charge >= 0.3 is 5.97 Å². The molecule has 0 radical (unpaired) electrons. The fourth-order valence-electron chi connectivity index (χ4n) is 1.24. The second-order valence-corrected chi connectivity index (χ2v) is 3.63. The molecule has 0 aromatic heterocycles. The third-order valence-electron chi connectivity index (χ3n) is 2.20. The molecule has 0 fully saturated rings. The first-order valence-electron chi connectivity index (χ1n) is 5.53. The Labute approximate surface area is 100 Å². The highest BCUT2D eigenvalue weighted by atomic mass is 16.4. The van der Waals surface area contributed by atoms with Crippen LogP contribution in [-0.2, 0) is 0 Å². The number of carboxylic acids is 1. The molecule has 5 nitrogen and oxygen atoms in total. The van der Waals surface area contributed by atoms with E-state index in [1.54, 1.807) is 12.1 Å². The van der Waals surface area contributed by atoms with Crippen LogP contribution in [0.25, 0.3) is 0 Å². The first-order valence-corrected chi connectivity index (χ1v) is 5.53. The van der Waals surface area contributed by atoms with E-state index >= 15 is 0 Å². The van der Waals surface area contributed by atoms with Gasteiger partial charge in [0.1, 0.15) is 0 Å². The quantitative estimate of drug-likeness (QED) is 0.413. The molecule has 0 unspecified atom stereocenters. The number of hydrogen-bond acceptors (Lipinski definition) is 2. The van der Waals surface area contributed by atoms with Gasteiger partial charge in [-0.2, -0.15) is 0 Å². The molecular formula is C12H17N3O2. The first-order chi connectivity index (χ1) is 8.13. The average Bonchev–Trinajstić information content (AvgIpc) is 2.30. The number of nitrogens with one attached hydrogen (secondary N) is 1. The lowest BCUT2D eigenvalue weighted by Gasteiger charge is -2.05. The normalized spacial score (nSPS) is 11.2. The van der Waals surface area contributed by atoms with Crippen molar-refractivity contribution in [2.45, 2.75) is 19.8 Å². The molecule has 5 heteroatoms. The molecule has 0 aliphatic carbocycles. The van der Waals surface area contributed by atoms with Gasteiger partial charge in [0.2, 0.25) is 0 Å². The van der Waals surface area contributed by atoms with Gasteiger partial charge in [-0.05, 0) is 30.7 Å². The summed E-state index contributed by atoms with van der Waals surface area (Å²) in [7, 11) is 0. The SMILES string of the molecule is CCCCN=C(N)Nc1ccc(C(=O)O)cc1. The predicted octanol–water partition coefficient (Wildman–Crippen LogP) is 1.91. The highest BCUT2D eigenvalue weighted by Crippen LogP contribution is 2.09. The van der Waals surface area contributed by atoms with Crippen molar-refractivity contribution in [2.75, 3.05) is 11.9 Å². The highest BCUT2D eigenvalue weighted by molar-refractivity contribution is 5.93. The summed E-state index contributed by atoms with van der Waals surface area (Å²) in [5, 5.41) is 11.6. The minimum Gasteiger partial charge on any atom is -0.478 e. The van der Waals surface area contributed by atoms with Gasteiger partial charge in [0, 0.05) is 12.2 Å². The molecule has 0 saturated carbocycles. The third-order valence-corrected chi connectivity index (χ3v) is 2.20. The Morgan fingerprint density at radius 2 is 2.06 bits per heavy atom. The van der Waals surface area contributed by atoms with Crippen molar-refractivity contribution in [1.82, 2.24) is 0 Å². The summed E-state index contributed by atoms with van der Waals surface area (Å²) in [6.45, 7) is 2.78. The summed E-state index contributed by atoms with van der Waals surface area (Å²) in [6, 6.07) is 6.35. The Morgan fingerprint density at radius 1 is 1.41 bits per heavy atom. The maximum Gasteiger partial charge on any atom is 0.335 e. The van der Waals surface area contributed by atoms with Gasteiger partial charge in [-0.3, -0.25) is 4.99 Å². The molecule has 1 aromatic rings. The predicted molar refractivity (Wildman–Crippen MR) is 68.4 cm³/mol. The summed E-state index contributed by atoms with van der Waals surface area (Å²) in [4.78, 5) is 14.8. The molecule has 0 aliphatic rings. The Kier molecular flexibility index (Phi) is 5.00. The van der Waals surface area contributed by atoms with Crippen molar-refractivity contribution in [2.24, 2.45) is 10.7 Å². The Hall–Kier alpha value is -2.04. The molecule has 0 spiro atoms. The molecule has 4 N–H and O–H groups in total. The van der Waals surface area contributed by atoms with Crippen molar-refractivity contribution >= 4 is 17.6 Å². The van der Waals surface area contributed by atoms with Crippen molar-refractivity contribution in [3.8, 4) is 0 Å². The van der Waals surface area contributed by atoms with Crippen LogP contribution in [-0.4, -0.2) is 23.6 Å². The van der Waals surface area contributed by atoms with Gasteiger partial charge in [-0.15, -0.1) is 0 Å². The molecular weight excluding hydrogens is 218 g/mol. The summed E-state index contributed by atoms with van der Waals surface area (Å²) in [5.41, 5.74) is 6.64. The van der Waals surface area contributed by atoms with Crippen molar-refractivity contribution in [3.05, 3.63) is 29.8 Å². The van der Waals surface area contributed by atoms with E-state index in [9.17, 15) is 4.79 Å². The van der Waals surface area contributed by atoms with E-state index in [0.29, 0.717) is 12.5 Å². The highest BCUT2D eigenvalue weighted by Gasteiger charge is 2.01. The molecule has 0 saturated heterocycles. The summed E-state index contributed by atoms with van der Waals surface area (Å²) < 4.78 is 0. The molecule has 0 aliphatic heterocycles. The number of guanidine groups is 1. The number of carbonyl (C=O) groups is 1. The zero-order valence-electron chi connectivity index (χ0n) is 9.81. The number of anilines is 1. The van der Waals surface area contributed by atoms with Gasteiger partial charge in [0.05, 0.1) is 5.56 Å². The summed E-state index contributed by atoms with van der Waals surface area (Å²) in [5.74, 6) is -0.595. The van der Waals surface area contributed by atoms with Crippen LogP contribution >= 0.6 is 0 Å². The van der Waals surface area contributed by atoms with E-state index in [4.69, 9.17) is 10.8 Å². The van der Waals surface area contributed by atoms with Crippen LogP contribution in [0, 0.1) is 0 Å². The van der Waals surface area contributed by atoms with Gasteiger partial charge in [0.15, 0.2) is 5.96 Å². The molecule has 0 heterocycles. The molecule has 0 bridgehead atoms. The summed E-state index contributed by atoms with van der Waals surface area (Å²) in [6.07, 6.45) is 2.07. The molecule has 0 amide bonds. The lowest BCUT2D eigenvalue weighted by Crippen LogP contribution is -2.22. The molecule has 1 aromatic carbocycles. The van der Waals surface area contributed by atoms with E-state index < -0.39 is 5.97 Å². The van der Waals surface area contributed by atoms with Crippen LogP contribution in [0.2, 0.25) is 0 Å². The van der Waals surface area contributed by atoms with E-state index in [1.807, 2.05) is 0 Å². The van der Waals surface area contributed by atoms with E-state index in [1.165, 1.54) is 12.1 Å². The standard InChI is InChI=1S/C12H17N3O2/c1-2-3-8-14-12(13)15-10-6-4-9(5-7-10)11(16)17/h4-7H,2-3,8H2,1H3,(H,16,17)(H3,13,14,15). The number of aromatic carboxylic acids is 1. The molecule has 0 atom stereocenters. The summed E-state index contributed by atoms with van der Waals surface area (Å²) >= 11 is 0. The van der Waals surface area contributed by atoms with Crippen LogP contribution in [0.1, 0.15) is 30.1 Å². The second-order valence-electron chi connectivity index (χ2n) is 3.63. The van der Waals surface area contributed by atoms with Crippen LogP contribution in [0.15, 0.2) is 29.3 Å². The fourth-order valence-corrected chi connectivity index (χ4v) is 1.24. The lowest BCUT2D eigenvalue weighted by molar-refractivity contribution is 0.0697. The van der Waals surface area contributed by atoms with Crippen LogP contribution < -0.4 is 11.1 Å². The van der Waals surface area contributed by atoms with Crippen molar-refractivity contribution in [3.63, 3.8) is 0 Å². The number of hydrogen-bond donors (Lipinski definition) is 3. The van der Waals surface area contributed by atoms with Crippen molar-refractivity contribution in [1.29, 1.82) is 0 Å². The number of carboxylic acid groups (broad SMARTS) is 1. The maximum absolute atomic E-state index is 10.6. The minimum atomic E-state index is -0.943. The Bertz CT molecular complexity index is 399. The minimum absolute atomic E-state index is 0.247. The van der Waals surface area contributed by atoms with E-state index in [2.05, 4.69) is 17.2 Å². The number of benzene rings is 1. The molecule has 17 heavy (non-hydrogen) atoms. The van der Waals surface area contributed by atoms with Crippen LogP contribution in [0.3, 0.4) is 0 Å². The second kappa shape index (κ2) is 6.52. The van der Waals surface area contributed by atoms with Gasteiger partial charge in [-0.25, -0.2) is 4.79 Å². The topological polar surface area (TPSA) is 87.7 Å². The Morgan fingerprint density at radius 3 is 2.59 bits per heavy atom. The fraction of sp³-hybridized carbons (Fsp3) is 0.333. The molecule has 1 rings (SSSR count). The molecule has 92 valence electrons. The average molecular weight is 235 g/mol. The largest absolute Gasteiger partial charge is 0.478 e. The number of aliphatic imine (C=N–C) groups is 1. The third kappa shape index (κ3) is 4.55. The maximum atomic E-state index is 10.6. The van der Waals surface area contributed by atoms with Crippen LogP contribution in [0.4, 0.5) is 5.69 Å². The van der Waals surface area contributed by atoms with E-state index in [0.717, 1.165) is 18.5 Å². The zero-order chi connectivity index (χ0) is 12.7. The number of nitrogens with zero attached hydrogens (tertiary/aromatic N) is 1. The van der Waals surface area contributed by atoms with Crippen molar-refractivity contribution < 1.29 is 9.90 Å². The van der Waals surface area contributed by atoms with Gasteiger partial charge in [0.25, 0.3) is 0 Å². The Balaban J connectivity index is 2.56. The monoisotopic (exact) mass is 235 g/mol. The smallest absolute Gasteiger partial charge is 0.335 e. The lowest BCUT2D eigenvalue weighted by atomic mass is 10.2. The number of rotatable bonds is 5. The number of nitrogens with two attached hydrogens (primary N) is 1. The number of unbranched alkanes of at least 4 members (excludes halogenated alkanes) is 1. The van der Waals surface area contributed by atoms with Crippen LogP contribution in [0.5, 0.6) is 0 Å². The zero-order valence-corrected chi connectivity index (χ0v) is 9.81. The van der Waals surface area contributed by atoms with Gasteiger partial charge < -0.3 is 16.2 Å². The van der Waals surface area contributed by atoms with E-state index in [-0.39, 0.29) is 5.56 Å². The van der Waals surface area contributed by atoms with Gasteiger partial charge in [-0.1, -0.05) is 13.3 Å².